The van der Waals surface area contributed by atoms with Crippen molar-refractivity contribution < 1.29 is 3.79 Å². The van der Waals surface area contributed by atoms with Crippen LogP contribution in [0.25, 0.3) is 0 Å². The van der Waals surface area contributed by atoms with Gasteiger partial charge < -0.3 is 3.79 Å². The summed E-state index contributed by atoms with van der Waals surface area (Å²) in [7, 11) is 0. The minimum absolute atomic E-state index is 0.755. The highest BCUT2D eigenvalue weighted by atomic mass is 27.2. The van der Waals surface area contributed by atoms with Gasteiger partial charge in [0.1, 0.15) is 0 Å². The van der Waals surface area contributed by atoms with Crippen LogP contribution in [0.15, 0.2) is 0 Å². The zero-order chi connectivity index (χ0) is 9.40. The molecule has 12 heavy (non-hydrogen) atoms. The molecule has 0 radical (unpaired) electrons. The van der Waals surface area contributed by atoms with Crippen molar-refractivity contribution in [1.82, 2.24) is 0 Å². The van der Waals surface area contributed by atoms with Crippen molar-refractivity contribution in [2.45, 2.75) is 51.1 Å². The summed E-state index contributed by atoms with van der Waals surface area (Å²) in [6, 6.07) is 0. The van der Waals surface area contributed by atoms with E-state index in [0.717, 1.165) is 12.5 Å². The smallest absolute Gasteiger partial charge is 0.460 e. The highest BCUT2D eigenvalue weighted by Crippen LogP contribution is 2.06. The van der Waals surface area contributed by atoms with Gasteiger partial charge in [-0.05, 0) is 18.8 Å². The Morgan fingerprint density at radius 2 is 1.75 bits per heavy atom. The van der Waals surface area contributed by atoms with Crippen molar-refractivity contribution in [1.29, 1.82) is 0 Å². The van der Waals surface area contributed by atoms with Crippen molar-refractivity contribution in [3.63, 3.8) is 0 Å². The highest BCUT2D eigenvalue weighted by Gasteiger charge is 2.13. The molecule has 0 saturated carbocycles. The Morgan fingerprint density at radius 3 is 2.17 bits per heavy atom. The summed E-state index contributed by atoms with van der Waals surface area (Å²) in [5.41, 5.74) is 0. The molecule has 72 valence electrons. The Morgan fingerprint density at radius 1 is 1.17 bits per heavy atom. The van der Waals surface area contributed by atoms with Gasteiger partial charge in [-0.15, -0.1) is 0 Å². The minimum Gasteiger partial charge on any atom is -0.501 e. The van der Waals surface area contributed by atoms with Gasteiger partial charge in [-0.1, -0.05) is 38.3 Å². The van der Waals surface area contributed by atoms with Gasteiger partial charge in [0.25, 0.3) is 0 Å². The van der Waals surface area contributed by atoms with Gasteiger partial charge in [0.15, 0.2) is 0 Å². The maximum atomic E-state index is 5.83. The maximum absolute atomic E-state index is 5.83. The molecular formula is C10H23AlO. The summed E-state index contributed by atoms with van der Waals surface area (Å²) in [6.07, 6.45) is 2.57. The first-order valence-corrected chi connectivity index (χ1v) is 7.42. The molecule has 2 heteroatoms. The predicted octanol–water partition coefficient (Wildman–Crippen LogP) is 3.47. The fourth-order valence-electron chi connectivity index (χ4n) is 1.27. The van der Waals surface area contributed by atoms with E-state index in [1.807, 2.05) is 0 Å². The van der Waals surface area contributed by atoms with E-state index in [9.17, 15) is 0 Å². The van der Waals surface area contributed by atoms with Gasteiger partial charge in [-0.2, -0.15) is 0 Å². The lowest BCUT2D eigenvalue weighted by Gasteiger charge is -2.10. The summed E-state index contributed by atoms with van der Waals surface area (Å²) < 4.78 is 5.83. The molecule has 0 unspecified atom stereocenters. The molecule has 0 aromatic rings. The number of rotatable bonds is 7. The highest BCUT2D eigenvalue weighted by molar-refractivity contribution is 6.51. The molecule has 0 amide bonds. The Hall–Kier alpha value is 0.492. The van der Waals surface area contributed by atoms with Crippen LogP contribution in [0.4, 0.5) is 0 Å². The maximum Gasteiger partial charge on any atom is 0.460 e. The van der Waals surface area contributed by atoms with Crippen LogP contribution in [-0.4, -0.2) is 21.1 Å². The molecule has 0 atom stereocenters. The molecule has 0 rings (SSSR count). The van der Waals surface area contributed by atoms with E-state index in [-0.39, 0.29) is 0 Å². The van der Waals surface area contributed by atoms with E-state index in [2.05, 4.69) is 27.7 Å². The summed E-state index contributed by atoms with van der Waals surface area (Å²) in [4.78, 5) is 0. The zero-order valence-corrected chi connectivity index (χ0v) is 10.3. The lowest BCUT2D eigenvalue weighted by molar-refractivity contribution is 0.299. The zero-order valence-electron chi connectivity index (χ0n) is 9.10. The fourth-order valence-corrected chi connectivity index (χ4v) is 2.81. The first-order valence-electron chi connectivity index (χ1n) is 5.32. The van der Waals surface area contributed by atoms with E-state index in [1.54, 1.807) is 0 Å². The third kappa shape index (κ3) is 7.16. The van der Waals surface area contributed by atoms with E-state index < -0.39 is 14.5 Å². The summed E-state index contributed by atoms with van der Waals surface area (Å²) in [5, 5.41) is 2.58. The molecule has 0 bridgehead atoms. The fraction of sp³-hybridized carbons (Fsp3) is 1.00. The molecule has 1 nitrogen and oxygen atoms in total. The topological polar surface area (TPSA) is 9.23 Å². The van der Waals surface area contributed by atoms with Crippen molar-refractivity contribution in [2.24, 2.45) is 5.92 Å². The van der Waals surface area contributed by atoms with Crippen LogP contribution in [-0.2, 0) is 3.79 Å². The lowest BCUT2D eigenvalue weighted by Crippen LogP contribution is -2.16. The Bertz CT molecular complexity index is 89.8. The summed E-state index contributed by atoms with van der Waals surface area (Å²) >= 11 is -0.755. The third-order valence-electron chi connectivity index (χ3n) is 2.19. The average Bonchev–Trinajstić information content (AvgIpc) is 2.04. The second-order valence-corrected chi connectivity index (χ2v) is 7.06. The van der Waals surface area contributed by atoms with E-state index in [4.69, 9.17) is 3.79 Å². The van der Waals surface area contributed by atoms with Gasteiger partial charge in [0, 0.05) is 6.61 Å². The molecule has 0 aromatic heterocycles. The third-order valence-corrected chi connectivity index (χ3v) is 4.72. The average molecular weight is 186 g/mol. The van der Waals surface area contributed by atoms with Crippen LogP contribution >= 0.6 is 0 Å². The van der Waals surface area contributed by atoms with Crippen molar-refractivity contribution in [2.75, 3.05) is 6.61 Å². The molecular weight excluding hydrogens is 163 g/mol. The molecule has 0 aliphatic rings. The van der Waals surface area contributed by atoms with Gasteiger partial charge in [-0.25, -0.2) is 0 Å². The standard InChI is InChI=1S/C6H13O.2C2H5.Al/c1-6(2)4-3-5-7;2*1-2;/h6H,3-5H2,1-2H3;2*1H2,2H3;/q-1;;;+1. The quantitative estimate of drug-likeness (QED) is 0.437. The molecule has 0 aliphatic heterocycles. The van der Waals surface area contributed by atoms with E-state index in [1.165, 1.54) is 23.4 Å². The van der Waals surface area contributed by atoms with Crippen LogP contribution < -0.4 is 0 Å². The monoisotopic (exact) mass is 186 g/mol. The van der Waals surface area contributed by atoms with Crippen LogP contribution in [0.1, 0.15) is 40.5 Å². The van der Waals surface area contributed by atoms with E-state index in [0.29, 0.717) is 0 Å². The van der Waals surface area contributed by atoms with Gasteiger partial charge >= 0.3 is 14.5 Å². The molecule has 0 aliphatic carbocycles. The Balaban J connectivity index is 3.17. The van der Waals surface area contributed by atoms with Crippen molar-refractivity contribution in [3.8, 4) is 0 Å². The molecule has 0 spiro atoms. The first kappa shape index (κ1) is 12.5. The van der Waals surface area contributed by atoms with Crippen LogP contribution in [0.2, 0.25) is 10.6 Å². The van der Waals surface area contributed by atoms with Crippen LogP contribution in [0, 0.1) is 5.92 Å². The normalized spacial score (nSPS) is 10.8. The first-order chi connectivity index (χ1) is 5.70. The van der Waals surface area contributed by atoms with Gasteiger partial charge in [0.05, 0.1) is 0 Å². The second kappa shape index (κ2) is 8.11. The van der Waals surface area contributed by atoms with Crippen LogP contribution in [0.5, 0.6) is 0 Å². The number of hydrogen-bond acceptors (Lipinski definition) is 1. The lowest BCUT2D eigenvalue weighted by atomic mass is 10.1. The Kier molecular flexibility index (Phi) is 8.44. The Labute approximate surface area is 82.2 Å². The van der Waals surface area contributed by atoms with Crippen molar-refractivity contribution >= 4 is 14.5 Å². The SMILES string of the molecule is C[CH2][Al]([CH2]C)[O]CCCC(C)C. The molecule has 0 saturated heterocycles. The predicted molar refractivity (Wildman–Crippen MR) is 56.7 cm³/mol. The van der Waals surface area contributed by atoms with Crippen LogP contribution in [0.3, 0.4) is 0 Å². The minimum atomic E-state index is -0.755. The molecule has 0 heterocycles. The van der Waals surface area contributed by atoms with Gasteiger partial charge in [0.2, 0.25) is 0 Å². The van der Waals surface area contributed by atoms with E-state index >= 15 is 0 Å². The van der Waals surface area contributed by atoms with Gasteiger partial charge in [-0.3, -0.25) is 0 Å². The molecule has 0 aromatic carbocycles. The largest absolute Gasteiger partial charge is 0.501 e. The summed E-state index contributed by atoms with van der Waals surface area (Å²) in [5.74, 6) is 0.831. The molecule has 0 N–H and O–H groups in total. The van der Waals surface area contributed by atoms with Crippen molar-refractivity contribution in [3.05, 3.63) is 0 Å². The summed E-state index contributed by atoms with van der Waals surface area (Å²) in [6.45, 7) is 10.1. The number of hydrogen-bond donors (Lipinski definition) is 0. The molecule has 0 fully saturated rings. The second-order valence-electron chi connectivity index (χ2n) is 3.85.